The summed E-state index contributed by atoms with van der Waals surface area (Å²) in [4.78, 5) is 4.21. The lowest BCUT2D eigenvalue weighted by molar-refractivity contribution is 0.0428. The largest absolute Gasteiger partial charge is 0.363 e. The molecule has 0 saturated carbocycles. The lowest BCUT2D eigenvalue weighted by Crippen LogP contribution is -2.28. The molecule has 1 heterocycles. The molecule has 0 N–H and O–H groups in total. The van der Waals surface area contributed by atoms with Gasteiger partial charge < -0.3 is 4.74 Å². The van der Waals surface area contributed by atoms with Gasteiger partial charge in [-0.25, -0.2) is 0 Å². The van der Waals surface area contributed by atoms with E-state index in [2.05, 4.69) is 11.9 Å². The molecule has 78 valence electrons. The summed E-state index contributed by atoms with van der Waals surface area (Å²) in [6.07, 6.45) is 5.37. The van der Waals surface area contributed by atoms with Crippen LogP contribution in [0.25, 0.3) is 0 Å². The molecule has 0 bridgehead atoms. The first-order valence-electron chi connectivity index (χ1n) is 5.14. The van der Waals surface area contributed by atoms with Crippen LogP contribution in [0, 0.1) is 0 Å². The summed E-state index contributed by atoms with van der Waals surface area (Å²) in [5.41, 5.74) is 2.87. The number of nitrogens with zero attached hydrogens (tertiary/aromatic N) is 1. The molecular formula is C11H17NOS. The van der Waals surface area contributed by atoms with Crippen LogP contribution in [0.15, 0.2) is 16.1 Å². The highest BCUT2D eigenvalue weighted by atomic mass is 32.2. The molecule has 1 unspecified atom stereocenters. The molecule has 0 amide bonds. The number of allylic oxidation sites excluding steroid dienone is 1. The van der Waals surface area contributed by atoms with Crippen molar-refractivity contribution in [3.8, 4) is 0 Å². The van der Waals surface area contributed by atoms with E-state index in [9.17, 15) is 0 Å². The summed E-state index contributed by atoms with van der Waals surface area (Å²) in [6, 6.07) is 0. The van der Waals surface area contributed by atoms with Crippen LogP contribution in [0.1, 0.15) is 26.2 Å². The maximum atomic E-state index is 5.87. The fourth-order valence-electron chi connectivity index (χ4n) is 2.12. The third-order valence-corrected chi connectivity index (χ3v) is 4.35. The summed E-state index contributed by atoms with van der Waals surface area (Å²) in [7, 11) is 1.84. The van der Waals surface area contributed by atoms with Gasteiger partial charge in [-0.15, -0.1) is 11.8 Å². The van der Waals surface area contributed by atoms with E-state index in [-0.39, 0.29) is 4.93 Å². The van der Waals surface area contributed by atoms with E-state index in [1.807, 2.05) is 25.0 Å². The Hall–Kier alpha value is -0.280. The smallest absolute Gasteiger partial charge is 0.118 e. The van der Waals surface area contributed by atoms with Crippen LogP contribution >= 0.6 is 11.8 Å². The van der Waals surface area contributed by atoms with Gasteiger partial charge in [-0.2, -0.15) is 0 Å². The van der Waals surface area contributed by atoms with Crippen molar-refractivity contribution < 1.29 is 4.74 Å². The van der Waals surface area contributed by atoms with Crippen molar-refractivity contribution in [3.63, 3.8) is 0 Å². The predicted molar refractivity (Wildman–Crippen MR) is 62.1 cm³/mol. The summed E-state index contributed by atoms with van der Waals surface area (Å²) in [5, 5.41) is 0. The van der Waals surface area contributed by atoms with Crippen LogP contribution in [0.3, 0.4) is 0 Å². The minimum absolute atomic E-state index is 0.0933. The summed E-state index contributed by atoms with van der Waals surface area (Å²) >= 11 is 1.98. The lowest BCUT2D eigenvalue weighted by atomic mass is 9.90. The maximum absolute atomic E-state index is 5.87. The van der Waals surface area contributed by atoms with Gasteiger partial charge in [-0.1, -0.05) is 5.57 Å². The molecule has 2 nitrogen and oxygen atoms in total. The number of aliphatic imine (C=N–C) groups is 1. The first-order chi connectivity index (χ1) is 6.76. The molecule has 1 aliphatic heterocycles. The SMILES string of the molecule is CN=CC1=C(C)CCC2(C1)OCCS2. The van der Waals surface area contributed by atoms with Gasteiger partial charge in [0.25, 0.3) is 0 Å². The van der Waals surface area contributed by atoms with Crippen molar-refractivity contribution in [3.05, 3.63) is 11.1 Å². The molecule has 14 heavy (non-hydrogen) atoms. The molecule has 2 aliphatic rings. The average Bonchev–Trinajstić information content (AvgIpc) is 2.61. The van der Waals surface area contributed by atoms with E-state index in [1.165, 1.54) is 17.6 Å². The second kappa shape index (κ2) is 4.07. The minimum Gasteiger partial charge on any atom is -0.363 e. The zero-order valence-electron chi connectivity index (χ0n) is 8.88. The molecule has 0 aromatic rings. The zero-order chi connectivity index (χ0) is 10.0. The van der Waals surface area contributed by atoms with Crippen molar-refractivity contribution in [2.45, 2.75) is 31.1 Å². The van der Waals surface area contributed by atoms with Gasteiger partial charge in [0.05, 0.1) is 6.61 Å². The number of hydrogen-bond donors (Lipinski definition) is 0. The van der Waals surface area contributed by atoms with Crippen LogP contribution in [0.2, 0.25) is 0 Å². The van der Waals surface area contributed by atoms with E-state index >= 15 is 0 Å². The topological polar surface area (TPSA) is 21.6 Å². The molecule has 1 atom stereocenters. The highest BCUT2D eigenvalue weighted by molar-refractivity contribution is 8.00. The van der Waals surface area contributed by atoms with E-state index in [0.717, 1.165) is 25.2 Å². The molecule has 0 radical (unpaired) electrons. The van der Waals surface area contributed by atoms with E-state index in [4.69, 9.17) is 4.74 Å². The second-order valence-electron chi connectivity index (χ2n) is 3.98. The first kappa shape index (κ1) is 10.2. The molecule has 0 aromatic carbocycles. The van der Waals surface area contributed by atoms with Crippen LogP contribution in [-0.4, -0.2) is 30.6 Å². The van der Waals surface area contributed by atoms with Gasteiger partial charge in [0.1, 0.15) is 4.93 Å². The summed E-state index contributed by atoms with van der Waals surface area (Å²) < 4.78 is 5.87. The first-order valence-corrected chi connectivity index (χ1v) is 6.13. The summed E-state index contributed by atoms with van der Waals surface area (Å²) in [6.45, 7) is 3.13. The molecule has 0 aromatic heterocycles. The van der Waals surface area contributed by atoms with Gasteiger partial charge in [0.15, 0.2) is 0 Å². The van der Waals surface area contributed by atoms with Crippen molar-refractivity contribution >= 4 is 18.0 Å². The second-order valence-corrected chi connectivity index (χ2v) is 5.42. The number of thioether (sulfide) groups is 1. The fourth-order valence-corrected chi connectivity index (χ4v) is 3.33. The lowest BCUT2D eigenvalue weighted by Gasteiger charge is -2.32. The normalized spacial score (nSPS) is 33.6. The summed E-state index contributed by atoms with van der Waals surface area (Å²) in [5.74, 6) is 1.15. The van der Waals surface area contributed by atoms with Crippen molar-refractivity contribution in [2.24, 2.45) is 4.99 Å². The highest BCUT2D eigenvalue weighted by Gasteiger charge is 2.38. The third kappa shape index (κ3) is 1.89. The van der Waals surface area contributed by atoms with E-state index < -0.39 is 0 Å². The molecular weight excluding hydrogens is 194 g/mol. The van der Waals surface area contributed by atoms with Crippen LogP contribution in [0.5, 0.6) is 0 Å². The van der Waals surface area contributed by atoms with Crippen molar-refractivity contribution in [2.75, 3.05) is 19.4 Å². The van der Waals surface area contributed by atoms with Crippen LogP contribution in [0.4, 0.5) is 0 Å². The third-order valence-electron chi connectivity index (χ3n) is 2.99. The number of ether oxygens (including phenoxy) is 1. The quantitative estimate of drug-likeness (QED) is 0.622. The number of rotatable bonds is 1. The monoisotopic (exact) mass is 211 g/mol. The van der Waals surface area contributed by atoms with E-state index in [0.29, 0.717) is 0 Å². The Balaban J connectivity index is 2.16. The Bertz CT molecular complexity index is 277. The van der Waals surface area contributed by atoms with Crippen LogP contribution < -0.4 is 0 Å². The van der Waals surface area contributed by atoms with Gasteiger partial charge in [0.2, 0.25) is 0 Å². The predicted octanol–water partition coefficient (Wildman–Crippen LogP) is 2.65. The highest BCUT2D eigenvalue weighted by Crippen LogP contribution is 2.45. The zero-order valence-corrected chi connectivity index (χ0v) is 9.69. The van der Waals surface area contributed by atoms with E-state index in [1.54, 1.807) is 0 Å². The molecule has 3 heteroatoms. The van der Waals surface area contributed by atoms with Gasteiger partial charge in [-0.3, -0.25) is 4.99 Å². The standard InChI is InChI=1S/C11H17NOS/c1-9-3-4-11(13-5-6-14-11)7-10(9)8-12-2/h8H,3-7H2,1-2H3. The maximum Gasteiger partial charge on any atom is 0.118 e. The van der Waals surface area contributed by atoms with Gasteiger partial charge >= 0.3 is 0 Å². The molecule has 1 aliphatic carbocycles. The van der Waals surface area contributed by atoms with Crippen molar-refractivity contribution in [1.29, 1.82) is 0 Å². The molecule has 1 spiro atoms. The Kier molecular flexibility index (Phi) is 2.98. The Morgan fingerprint density at radius 3 is 3.07 bits per heavy atom. The average molecular weight is 211 g/mol. The fraction of sp³-hybridized carbons (Fsp3) is 0.727. The van der Waals surface area contributed by atoms with Crippen LogP contribution in [-0.2, 0) is 4.74 Å². The van der Waals surface area contributed by atoms with Gasteiger partial charge in [0, 0.05) is 25.4 Å². The van der Waals surface area contributed by atoms with Crippen molar-refractivity contribution in [1.82, 2.24) is 0 Å². The molecule has 1 saturated heterocycles. The molecule has 2 rings (SSSR count). The Morgan fingerprint density at radius 2 is 2.43 bits per heavy atom. The minimum atomic E-state index is 0.0933. The Morgan fingerprint density at radius 1 is 1.57 bits per heavy atom. The van der Waals surface area contributed by atoms with Gasteiger partial charge in [-0.05, 0) is 25.3 Å². The molecule has 1 fully saturated rings. The Labute approximate surface area is 89.8 Å². The number of hydrogen-bond acceptors (Lipinski definition) is 3.